The van der Waals surface area contributed by atoms with Crippen molar-refractivity contribution in [3.05, 3.63) is 23.8 Å². The molecule has 0 saturated carbocycles. The number of methoxy groups -OCH3 is 1. The average Bonchev–Trinajstić information content (AvgIpc) is 2.27. The van der Waals surface area contributed by atoms with Crippen molar-refractivity contribution < 1.29 is 41.0 Å². The summed E-state index contributed by atoms with van der Waals surface area (Å²) in [4.78, 5) is 11.2. The smallest absolute Gasteiger partial charge is 0.465 e. The molecule has 9 heteroatoms. The van der Waals surface area contributed by atoms with Crippen LogP contribution >= 0.6 is 0 Å². The van der Waals surface area contributed by atoms with E-state index in [0.29, 0.717) is 6.07 Å². The minimum absolute atomic E-state index is 0.594. The Labute approximate surface area is 103 Å². The molecule has 1 rings (SSSR count). The fourth-order valence-corrected chi connectivity index (χ4v) is 1.17. The van der Waals surface area contributed by atoms with Gasteiger partial charge in [0.1, 0.15) is 17.1 Å². The second kappa shape index (κ2) is 5.72. The van der Waals surface area contributed by atoms with Crippen LogP contribution in [0, 0.1) is 0 Å². The van der Waals surface area contributed by atoms with Crippen molar-refractivity contribution in [1.82, 2.24) is 0 Å². The Hall–Kier alpha value is -2.06. The van der Waals surface area contributed by atoms with Gasteiger partial charge in [0.25, 0.3) is 0 Å². The van der Waals surface area contributed by atoms with E-state index in [1.54, 1.807) is 0 Å². The number of halogens is 5. The number of ether oxygens (including phenoxy) is 3. The lowest BCUT2D eigenvalue weighted by molar-refractivity contribution is -0.274. The molecule has 0 aromatic heterocycles. The first-order valence-corrected chi connectivity index (χ1v) is 4.66. The summed E-state index contributed by atoms with van der Waals surface area (Å²) in [6.07, 6.45) is -4.97. The number of esters is 1. The first-order chi connectivity index (χ1) is 8.73. The minimum Gasteiger partial charge on any atom is -0.465 e. The molecule has 0 unspecified atom stereocenters. The Bertz CT molecular complexity index is 458. The standard InChI is InChI=1S/C10H7F5O4/c1-17-8(16)6-4-5(19-10(13,14)15)2-3-7(6)18-9(11)12/h2-4,9H,1H3. The predicted molar refractivity (Wildman–Crippen MR) is 51.1 cm³/mol. The van der Waals surface area contributed by atoms with Crippen molar-refractivity contribution in [2.75, 3.05) is 7.11 Å². The first-order valence-electron chi connectivity index (χ1n) is 4.66. The summed E-state index contributed by atoms with van der Waals surface area (Å²) < 4.78 is 71.8. The molecule has 0 aliphatic rings. The molecular weight excluding hydrogens is 279 g/mol. The maximum absolute atomic E-state index is 12.1. The van der Waals surface area contributed by atoms with Crippen molar-refractivity contribution in [2.24, 2.45) is 0 Å². The zero-order chi connectivity index (χ0) is 14.6. The van der Waals surface area contributed by atoms with Gasteiger partial charge in [0.2, 0.25) is 0 Å². The summed E-state index contributed by atoms with van der Waals surface area (Å²) in [6, 6.07) is 2.08. The monoisotopic (exact) mass is 286 g/mol. The molecule has 1 aromatic rings. The van der Waals surface area contributed by atoms with Crippen LogP contribution < -0.4 is 9.47 Å². The van der Waals surface area contributed by atoms with Gasteiger partial charge in [0, 0.05) is 0 Å². The molecule has 4 nitrogen and oxygen atoms in total. The van der Waals surface area contributed by atoms with Gasteiger partial charge in [0.15, 0.2) is 0 Å². The Morgan fingerprint density at radius 3 is 2.37 bits per heavy atom. The Kier molecular flexibility index (Phi) is 4.52. The van der Waals surface area contributed by atoms with Crippen molar-refractivity contribution in [3.8, 4) is 11.5 Å². The van der Waals surface area contributed by atoms with E-state index in [9.17, 15) is 26.7 Å². The number of carbonyl (C=O) groups is 1. The van der Waals surface area contributed by atoms with Gasteiger partial charge < -0.3 is 14.2 Å². The Balaban J connectivity index is 3.11. The van der Waals surface area contributed by atoms with Crippen LogP contribution in [0.15, 0.2) is 18.2 Å². The van der Waals surface area contributed by atoms with E-state index >= 15 is 0 Å². The molecule has 0 fully saturated rings. The second-order valence-electron chi connectivity index (χ2n) is 3.08. The van der Waals surface area contributed by atoms with Crippen molar-refractivity contribution >= 4 is 5.97 Å². The third-order valence-corrected chi connectivity index (χ3v) is 1.81. The van der Waals surface area contributed by atoms with Crippen LogP contribution in [-0.2, 0) is 4.74 Å². The fourth-order valence-electron chi connectivity index (χ4n) is 1.17. The lowest BCUT2D eigenvalue weighted by Gasteiger charge is -2.13. The molecule has 0 aliphatic heterocycles. The summed E-state index contributed by atoms with van der Waals surface area (Å²) in [7, 11) is 0.936. The van der Waals surface area contributed by atoms with Gasteiger partial charge in [-0.2, -0.15) is 8.78 Å². The minimum atomic E-state index is -4.97. The maximum atomic E-state index is 12.1. The molecule has 0 heterocycles. The van der Waals surface area contributed by atoms with E-state index in [0.717, 1.165) is 19.2 Å². The molecule has 106 valence electrons. The van der Waals surface area contributed by atoms with Crippen LogP contribution in [-0.4, -0.2) is 26.1 Å². The molecule has 0 amide bonds. The molecular formula is C10H7F5O4. The third-order valence-electron chi connectivity index (χ3n) is 1.81. The summed E-state index contributed by atoms with van der Waals surface area (Å²) in [5.41, 5.74) is -0.607. The van der Waals surface area contributed by atoms with E-state index in [1.165, 1.54) is 0 Å². The Morgan fingerprint density at radius 1 is 1.26 bits per heavy atom. The van der Waals surface area contributed by atoms with Gasteiger partial charge in [-0.05, 0) is 18.2 Å². The van der Waals surface area contributed by atoms with E-state index < -0.39 is 36.0 Å². The van der Waals surface area contributed by atoms with Crippen molar-refractivity contribution in [1.29, 1.82) is 0 Å². The van der Waals surface area contributed by atoms with Gasteiger partial charge in [-0.25, -0.2) is 4.79 Å². The van der Waals surface area contributed by atoms with Crippen molar-refractivity contribution in [3.63, 3.8) is 0 Å². The zero-order valence-electron chi connectivity index (χ0n) is 9.33. The first kappa shape index (κ1) is 15.0. The SMILES string of the molecule is COC(=O)c1cc(OC(F)(F)F)ccc1OC(F)F. The molecule has 0 bridgehead atoms. The molecule has 1 aromatic carbocycles. The predicted octanol–water partition coefficient (Wildman–Crippen LogP) is 2.97. The lowest BCUT2D eigenvalue weighted by atomic mass is 10.2. The van der Waals surface area contributed by atoms with E-state index in [1.807, 2.05) is 0 Å². The largest absolute Gasteiger partial charge is 0.573 e. The molecule has 0 radical (unpaired) electrons. The summed E-state index contributed by atoms with van der Waals surface area (Å²) in [5.74, 6) is -2.51. The van der Waals surface area contributed by atoms with Gasteiger partial charge in [-0.15, -0.1) is 13.2 Å². The maximum Gasteiger partial charge on any atom is 0.573 e. The molecule has 0 atom stereocenters. The second-order valence-corrected chi connectivity index (χ2v) is 3.08. The number of carbonyl (C=O) groups excluding carboxylic acids is 1. The molecule has 0 saturated heterocycles. The number of rotatable bonds is 4. The number of hydrogen-bond acceptors (Lipinski definition) is 4. The topological polar surface area (TPSA) is 44.8 Å². The van der Waals surface area contributed by atoms with E-state index in [4.69, 9.17) is 0 Å². The lowest BCUT2D eigenvalue weighted by Crippen LogP contribution is -2.18. The Morgan fingerprint density at radius 2 is 1.89 bits per heavy atom. The summed E-state index contributed by atoms with van der Waals surface area (Å²) >= 11 is 0. The number of benzene rings is 1. The molecule has 19 heavy (non-hydrogen) atoms. The van der Waals surface area contributed by atoms with Crippen LogP contribution in [0.5, 0.6) is 11.5 Å². The number of alkyl halides is 5. The van der Waals surface area contributed by atoms with Crippen molar-refractivity contribution in [2.45, 2.75) is 13.0 Å². The normalized spacial score (nSPS) is 11.3. The van der Waals surface area contributed by atoms with Crippen LogP contribution in [0.25, 0.3) is 0 Å². The van der Waals surface area contributed by atoms with Gasteiger partial charge in [-0.3, -0.25) is 0 Å². The molecule has 0 spiro atoms. The molecule has 0 N–H and O–H groups in total. The highest BCUT2D eigenvalue weighted by molar-refractivity contribution is 5.92. The quantitative estimate of drug-likeness (QED) is 0.630. The summed E-state index contributed by atoms with van der Waals surface area (Å²) in [5, 5.41) is 0. The van der Waals surface area contributed by atoms with E-state index in [-0.39, 0.29) is 0 Å². The van der Waals surface area contributed by atoms with Crippen LogP contribution in [0.3, 0.4) is 0 Å². The molecule has 0 aliphatic carbocycles. The fraction of sp³-hybridized carbons (Fsp3) is 0.300. The number of hydrogen-bond donors (Lipinski definition) is 0. The highest BCUT2D eigenvalue weighted by Gasteiger charge is 2.32. The highest BCUT2D eigenvalue weighted by Crippen LogP contribution is 2.29. The summed E-state index contributed by atoms with van der Waals surface area (Å²) in [6.45, 7) is -3.24. The third kappa shape index (κ3) is 4.60. The average molecular weight is 286 g/mol. The van der Waals surface area contributed by atoms with Gasteiger partial charge in [-0.1, -0.05) is 0 Å². The van der Waals surface area contributed by atoms with Gasteiger partial charge in [0.05, 0.1) is 7.11 Å². The van der Waals surface area contributed by atoms with Crippen LogP contribution in [0.1, 0.15) is 10.4 Å². The van der Waals surface area contributed by atoms with Crippen LogP contribution in [0.4, 0.5) is 22.0 Å². The van der Waals surface area contributed by atoms with Crippen LogP contribution in [0.2, 0.25) is 0 Å². The highest BCUT2D eigenvalue weighted by atomic mass is 19.4. The zero-order valence-corrected chi connectivity index (χ0v) is 9.33. The van der Waals surface area contributed by atoms with Gasteiger partial charge >= 0.3 is 18.9 Å². The van der Waals surface area contributed by atoms with E-state index in [2.05, 4.69) is 14.2 Å².